The number of fused-ring (bicyclic) bond motifs is 5. The number of aryl methyl sites for hydroxylation is 1. The second kappa shape index (κ2) is 5.88. The van der Waals surface area contributed by atoms with Crippen LogP contribution >= 0.6 is 11.6 Å². The number of hydrogen-bond donors (Lipinski definition) is 0. The zero-order chi connectivity index (χ0) is 20.3. The monoisotopic (exact) mass is 419 g/mol. The van der Waals surface area contributed by atoms with E-state index in [1.54, 1.807) is 11.6 Å². The van der Waals surface area contributed by atoms with Crippen molar-refractivity contribution in [3.8, 4) is 0 Å². The number of carbonyl (C=O) groups is 2. The standard InChI is InChI=1S/C26H26ClNO2/c1-12-2-3-17(11-20(12)27)28-25(29)23-18-4-5-19(24(23)26(28)30)22(18)21-15-7-13-6-14(9-15)10-16(21)8-13/h2-5,11,13-16,18-19,23-24H,6-10H2,1H3. The van der Waals surface area contributed by atoms with Crippen molar-refractivity contribution in [2.75, 3.05) is 4.90 Å². The maximum absolute atomic E-state index is 13.5. The maximum atomic E-state index is 13.5. The average Bonchev–Trinajstić information content (AvgIpc) is 3.33. The summed E-state index contributed by atoms with van der Waals surface area (Å²) in [4.78, 5) is 28.5. The van der Waals surface area contributed by atoms with E-state index in [0.29, 0.717) is 10.7 Å². The Morgan fingerprint density at radius 2 is 1.40 bits per heavy atom. The zero-order valence-corrected chi connectivity index (χ0v) is 17.9. The summed E-state index contributed by atoms with van der Waals surface area (Å²) >= 11 is 6.30. The third-order valence-corrected chi connectivity index (χ3v) is 9.59. The molecule has 3 nitrogen and oxygen atoms in total. The molecule has 4 unspecified atom stereocenters. The number of benzene rings is 1. The molecule has 0 N–H and O–H groups in total. The predicted octanol–water partition coefficient (Wildman–Crippen LogP) is 5.32. The van der Waals surface area contributed by atoms with Crippen LogP contribution in [0.3, 0.4) is 0 Å². The van der Waals surface area contributed by atoms with Crippen LogP contribution in [0.15, 0.2) is 41.5 Å². The molecule has 8 rings (SSSR count). The Morgan fingerprint density at radius 3 is 1.93 bits per heavy atom. The minimum atomic E-state index is -0.215. The van der Waals surface area contributed by atoms with Crippen molar-refractivity contribution >= 4 is 29.1 Å². The first kappa shape index (κ1) is 17.8. The van der Waals surface area contributed by atoms with Gasteiger partial charge in [-0.2, -0.15) is 0 Å². The van der Waals surface area contributed by atoms with E-state index in [-0.39, 0.29) is 35.5 Å². The highest BCUT2D eigenvalue weighted by atomic mass is 35.5. The molecule has 6 aliphatic carbocycles. The van der Waals surface area contributed by atoms with Crippen LogP contribution in [0.2, 0.25) is 5.02 Å². The lowest BCUT2D eigenvalue weighted by Gasteiger charge is -2.52. The number of halogens is 1. The van der Waals surface area contributed by atoms with Crippen LogP contribution in [0.1, 0.15) is 37.7 Å². The average molecular weight is 420 g/mol. The highest BCUT2D eigenvalue weighted by molar-refractivity contribution is 6.32. The van der Waals surface area contributed by atoms with Gasteiger partial charge in [0.05, 0.1) is 17.5 Å². The second-order valence-corrected chi connectivity index (χ2v) is 11.1. The van der Waals surface area contributed by atoms with E-state index in [9.17, 15) is 9.59 Å². The Labute approximate surface area is 182 Å². The van der Waals surface area contributed by atoms with Crippen LogP contribution in [-0.2, 0) is 9.59 Å². The molecule has 1 saturated heterocycles. The van der Waals surface area contributed by atoms with Crippen molar-refractivity contribution < 1.29 is 9.59 Å². The van der Waals surface area contributed by atoms with E-state index in [2.05, 4.69) is 12.2 Å². The fourth-order valence-electron chi connectivity index (χ4n) is 8.29. The van der Waals surface area contributed by atoms with E-state index >= 15 is 0 Å². The number of amides is 2. The largest absolute Gasteiger partial charge is 0.274 e. The summed E-state index contributed by atoms with van der Waals surface area (Å²) in [6, 6.07) is 5.51. The zero-order valence-electron chi connectivity index (χ0n) is 17.2. The van der Waals surface area contributed by atoms with Gasteiger partial charge in [0.1, 0.15) is 0 Å². The quantitative estimate of drug-likeness (QED) is 0.456. The van der Waals surface area contributed by atoms with E-state index in [4.69, 9.17) is 11.6 Å². The SMILES string of the molecule is Cc1ccc(N2C(=O)C3C4C=CC(C4=C4C5CC6CC(C5)CC4C6)C3C2=O)cc1Cl. The minimum absolute atomic E-state index is 0.0244. The van der Waals surface area contributed by atoms with Gasteiger partial charge in [-0.1, -0.05) is 41.0 Å². The Bertz CT molecular complexity index is 1000. The highest BCUT2D eigenvalue weighted by Crippen LogP contribution is 2.63. The third-order valence-electron chi connectivity index (χ3n) is 9.18. The summed E-state index contributed by atoms with van der Waals surface area (Å²) < 4.78 is 0. The van der Waals surface area contributed by atoms with Crippen LogP contribution in [0.25, 0.3) is 0 Å². The molecule has 0 radical (unpaired) electrons. The Balaban J connectivity index is 1.28. The van der Waals surface area contributed by atoms with Crippen molar-refractivity contribution in [3.05, 3.63) is 52.1 Å². The molecule has 5 saturated carbocycles. The lowest BCUT2D eigenvalue weighted by Crippen LogP contribution is -2.41. The molecule has 0 spiro atoms. The second-order valence-electron chi connectivity index (χ2n) is 10.6. The van der Waals surface area contributed by atoms with Gasteiger partial charge in [0.25, 0.3) is 0 Å². The Morgan fingerprint density at radius 1 is 0.833 bits per heavy atom. The molecule has 154 valence electrons. The molecule has 6 fully saturated rings. The van der Waals surface area contributed by atoms with Crippen LogP contribution in [0.5, 0.6) is 0 Å². The summed E-state index contributed by atoms with van der Waals surface area (Å²) in [7, 11) is 0. The maximum Gasteiger partial charge on any atom is 0.238 e. The molecule has 1 heterocycles. The number of imide groups is 1. The molecule has 1 aliphatic heterocycles. The van der Waals surface area contributed by atoms with Crippen LogP contribution in [-0.4, -0.2) is 11.8 Å². The number of anilines is 1. The lowest BCUT2D eigenvalue weighted by atomic mass is 9.53. The lowest BCUT2D eigenvalue weighted by molar-refractivity contribution is -0.122. The fourth-order valence-corrected chi connectivity index (χ4v) is 8.46. The third kappa shape index (κ3) is 2.12. The normalized spacial score (nSPS) is 42.8. The molecular formula is C26H26ClNO2. The van der Waals surface area contributed by atoms with Gasteiger partial charge in [-0.05, 0) is 80.4 Å². The molecule has 4 atom stereocenters. The highest BCUT2D eigenvalue weighted by Gasteiger charge is 2.63. The summed E-state index contributed by atoms with van der Waals surface area (Å²) in [5.74, 6) is 3.08. The summed E-state index contributed by atoms with van der Waals surface area (Å²) in [5.41, 5.74) is 4.75. The summed E-state index contributed by atoms with van der Waals surface area (Å²) in [6.07, 6.45) is 11.3. The van der Waals surface area contributed by atoms with Gasteiger partial charge in [0, 0.05) is 16.9 Å². The first-order valence-electron chi connectivity index (χ1n) is 11.6. The van der Waals surface area contributed by atoms with Crippen LogP contribution in [0.4, 0.5) is 5.69 Å². The molecule has 6 bridgehead atoms. The topological polar surface area (TPSA) is 37.4 Å². The smallest absolute Gasteiger partial charge is 0.238 e. The number of rotatable bonds is 1. The van der Waals surface area contributed by atoms with Crippen molar-refractivity contribution in [2.45, 2.75) is 39.0 Å². The fraction of sp³-hybridized carbons (Fsp3) is 0.538. The van der Waals surface area contributed by atoms with Gasteiger partial charge in [-0.3, -0.25) is 9.59 Å². The summed E-state index contributed by atoms with van der Waals surface area (Å²) in [6.45, 7) is 1.93. The molecule has 4 heteroatoms. The molecule has 2 amide bonds. The van der Waals surface area contributed by atoms with Crippen molar-refractivity contribution in [1.29, 1.82) is 0 Å². The van der Waals surface area contributed by atoms with Crippen molar-refractivity contribution in [2.24, 2.45) is 47.3 Å². The van der Waals surface area contributed by atoms with Gasteiger partial charge in [0.2, 0.25) is 11.8 Å². The number of allylic oxidation sites excluding steroid dienone is 4. The van der Waals surface area contributed by atoms with Crippen molar-refractivity contribution in [3.63, 3.8) is 0 Å². The van der Waals surface area contributed by atoms with Gasteiger partial charge >= 0.3 is 0 Å². The number of hydrogen-bond acceptors (Lipinski definition) is 2. The molecular weight excluding hydrogens is 394 g/mol. The van der Waals surface area contributed by atoms with Crippen LogP contribution in [0, 0.1) is 54.3 Å². The molecule has 1 aromatic rings. The Kier molecular flexibility index (Phi) is 3.48. The molecule has 1 aromatic carbocycles. The molecule has 7 aliphatic rings. The Hall–Kier alpha value is -1.87. The molecule has 30 heavy (non-hydrogen) atoms. The van der Waals surface area contributed by atoms with Crippen LogP contribution < -0.4 is 4.90 Å². The van der Waals surface area contributed by atoms with Gasteiger partial charge in [-0.15, -0.1) is 0 Å². The minimum Gasteiger partial charge on any atom is -0.274 e. The van der Waals surface area contributed by atoms with Gasteiger partial charge in [0.15, 0.2) is 0 Å². The predicted molar refractivity (Wildman–Crippen MR) is 116 cm³/mol. The summed E-state index contributed by atoms with van der Waals surface area (Å²) in [5, 5.41) is 0.600. The van der Waals surface area contributed by atoms with E-state index < -0.39 is 0 Å². The van der Waals surface area contributed by atoms with E-state index in [1.807, 2.05) is 19.1 Å². The first-order chi connectivity index (χ1) is 14.5. The van der Waals surface area contributed by atoms with Gasteiger partial charge in [-0.25, -0.2) is 4.90 Å². The van der Waals surface area contributed by atoms with Crippen molar-refractivity contribution in [1.82, 2.24) is 0 Å². The first-order valence-corrected chi connectivity index (χ1v) is 11.9. The van der Waals surface area contributed by atoms with Gasteiger partial charge < -0.3 is 0 Å². The van der Waals surface area contributed by atoms with E-state index in [1.165, 1.54) is 42.6 Å². The van der Waals surface area contributed by atoms with E-state index in [0.717, 1.165) is 29.2 Å². The number of nitrogens with zero attached hydrogens (tertiary/aromatic N) is 1. The molecule has 0 aromatic heterocycles. The number of carbonyl (C=O) groups excluding carboxylic acids is 2.